The predicted molar refractivity (Wildman–Crippen MR) is 82.9 cm³/mol. The maximum Gasteiger partial charge on any atom is 0.123 e. The summed E-state index contributed by atoms with van der Waals surface area (Å²) in [5.74, 6) is -0.287. The summed E-state index contributed by atoms with van der Waals surface area (Å²) in [6.07, 6.45) is 1.28. The van der Waals surface area contributed by atoms with Gasteiger partial charge in [-0.05, 0) is 42.3 Å². The van der Waals surface area contributed by atoms with Crippen molar-refractivity contribution in [2.75, 3.05) is 13.1 Å². The Morgan fingerprint density at radius 1 is 1.19 bits per heavy atom. The fourth-order valence-electron chi connectivity index (χ4n) is 2.59. The maximum atomic E-state index is 13.5. The van der Waals surface area contributed by atoms with E-state index in [0.29, 0.717) is 17.2 Å². The summed E-state index contributed by atoms with van der Waals surface area (Å²) < 4.78 is 19.4. The largest absolute Gasteiger partial charge is 0.372 e. The van der Waals surface area contributed by atoms with E-state index in [1.54, 1.807) is 6.07 Å². The van der Waals surface area contributed by atoms with Gasteiger partial charge in [0.05, 0.1) is 12.7 Å². The van der Waals surface area contributed by atoms with Crippen LogP contribution in [0.15, 0.2) is 42.5 Å². The van der Waals surface area contributed by atoms with E-state index >= 15 is 0 Å². The zero-order valence-electron chi connectivity index (χ0n) is 11.6. The number of ether oxygens (including phenoxy) is 1. The molecule has 2 aromatic rings. The Kier molecular flexibility index (Phi) is 4.54. The second-order valence-corrected chi connectivity index (χ2v) is 5.61. The molecule has 2 nitrogen and oxygen atoms in total. The third-order valence-corrected chi connectivity index (χ3v) is 4.06. The Morgan fingerprint density at radius 2 is 2.05 bits per heavy atom. The second-order valence-electron chi connectivity index (χ2n) is 5.21. The first kappa shape index (κ1) is 14.5. The first-order valence-corrected chi connectivity index (χ1v) is 7.47. The summed E-state index contributed by atoms with van der Waals surface area (Å²) in [6, 6.07) is 12.3. The highest BCUT2D eigenvalue weighted by Gasteiger charge is 2.16. The van der Waals surface area contributed by atoms with Gasteiger partial charge in [-0.1, -0.05) is 35.9 Å². The maximum absolute atomic E-state index is 13.5. The molecule has 0 saturated carbocycles. The van der Waals surface area contributed by atoms with E-state index in [0.717, 1.165) is 30.6 Å². The SMILES string of the molecule is Fc1ccc(Cl)c(-c2ccccc2COC2CCNC2)c1. The second kappa shape index (κ2) is 6.56. The molecule has 0 aliphatic carbocycles. The van der Waals surface area contributed by atoms with Gasteiger partial charge in [0.25, 0.3) is 0 Å². The van der Waals surface area contributed by atoms with E-state index in [1.807, 2.05) is 24.3 Å². The average Bonchev–Trinajstić information content (AvgIpc) is 3.01. The van der Waals surface area contributed by atoms with Crippen LogP contribution in [0.25, 0.3) is 11.1 Å². The lowest BCUT2D eigenvalue weighted by Crippen LogP contribution is -2.16. The monoisotopic (exact) mass is 305 g/mol. The first-order chi connectivity index (χ1) is 10.2. The summed E-state index contributed by atoms with van der Waals surface area (Å²) in [5.41, 5.74) is 2.66. The van der Waals surface area contributed by atoms with E-state index in [-0.39, 0.29) is 11.9 Å². The van der Waals surface area contributed by atoms with Gasteiger partial charge in [0.15, 0.2) is 0 Å². The molecule has 1 saturated heterocycles. The van der Waals surface area contributed by atoms with Crippen molar-refractivity contribution in [2.45, 2.75) is 19.1 Å². The molecule has 1 heterocycles. The topological polar surface area (TPSA) is 21.3 Å². The van der Waals surface area contributed by atoms with Crippen molar-refractivity contribution in [1.82, 2.24) is 5.32 Å². The van der Waals surface area contributed by atoms with Gasteiger partial charge < -0.3 is 10.1 Å². The van der Waals surface area contributed by atoms with Crippen molar-refractivity contribution in [1.29, 1.82) is 0 Å². The molecule has 1 N–H and O–H groups in total. The predicted octanol–water partition coefficient (Wildman–Crippen LogP) is 4.02. The summed E-state index contributed by atoms with van der Waals surface area (Å²) >= 11 is 6.21. The molecular weight excluding hydrogens is 289 g/mol. The van der Waals surface area contributed by atoms with E-state index in [9.17, 15) is 4.39 Å². The van der Waals surface area contributed by atoms with Crippen molar-refractivity contribution in [3.8, 4) is 11.1 Å². The molecule has 21 heavy (non-hydrogen) atoms. The van der Waals surface area contributed by atoms with Crippen LogP contribution in [0.2, 0.25) is 5.02 Å². The Hall–Kier alpha value is -1.42. The van der Waals surface area contributed by atoms with E-state index in [1.165, 1.54) is 12.1 Å². The summed E-state index contributed by atoms with van der Waals surface area (Å²) in [5, 5.41) is 3.82. The molecule has 3 rings (SSSR count). The Morgan fingerprint density at radius 3 is 2.86 bits per heavy atom. The number of hydrogen-bond donors (Lipinski definition) is 1. The van der Waals surface area contributed by atoms with Crippen LogP contribution < -0.4 is 5.32 Å². The van der Waals surface area contributed by atoms with Crippen molar-refractivity contribution < 1.29 is 9.13 Å². The van der Waals surface area contributed by atoms with Gasteiger partial charge in [-0.2, -0.15) is 0 Å². The van der Waals surface area contributed by atoms with Crippen molar-refractivity contribution in [3.05, 3.63) is 58.9 Å². The van der Waals surface area contributed by atoms with Crippen LogP contribution in [0.3, 0.4) is 0 Å². The third-order valence-electron chi connectivity index (χ3n) is 3.73. The van der Waals surface area contributed by atoms with Crippen LogP contribution in [0.1, 0.15) is 12.0 Å². The minimum atomic E-state index is -0.287. The lowest BCUT2D eigenvalue weighted by molar-refractivity contribution is 0.0545. The van der Waals surface area contributed by atoms with Gasteiger partial charge in [-0.3, -0.25) is 0 Å². The zero-order chi connectivity index (χ0) is 14.7. The van der Waals surface area contributed by atoms with Gasteiger partial charge >= 0.3 is 0 Å². The number of rotatable bonds is 4. The molecule has 2 aromatic carbocycles. The van der Waals surface area contributed by atoms with Crippen LogP contribution in [-0.4, -0.2) is 19.2 Å². The summed E-state index contributed by atoms with van der Waals surface area (Å²) in [4.78, 5) is 0. The van der Waals surface area contributed by atoms with E-state index in [4.69, 9.17) is 16.3 Å². The number of halogens is 2. The van der Waals surface area contributed by atoms with Crippen LogP contribution in [0.4, 0.5) is 4.39 Å². The van der Waals surface area contributed by atoms with Crippen molar-refractivity contribution in [2.24, 2.45) is 0 Å². The molecule has 1 aliphatic heterocycles. The molecule has 110 valence electrons. The average molecular weight is 306 g/mol. The highest BCUT2D eigenvalue weighted by atomic mass is 35.5. The summed E-state index contributed by atoms with van der Waals surface area (Å²) in [6.45, 7) is 2.40. The van der Waals surface area contributed by atoms with Gasteiger partial charge in [0, 0.05) is 17.1 Å². The quantitative estimate of drug-likeness (QED) is 0.921. The highest BCUT2D eigenvalue weighted by Crippen LogP contribution is 2.31. The van der Waals surface area contributed by atoms with E-state index in [2.05, 4.69) is 5.32 Å². The lowest BCUT2D eigenvalue weighted by atomic mass is 10.00. The Balaban J connectivity index is 1.86. The number of benzene rings is 2. The Labute approximate surface area is 128 Å². The fraction of sp³-hybridized carbons (Fsp3) is 0.294. The van der Waals surface area contributed by atoms with Gasteiger partial charge in [0.2, 0.25) is 0 Å². The first-order valence-electron chi connectivity index (χ1n) is 7.09. The van der Waals surface area contributed by atoms with Crippen LogP contribution in [0.5, 0.6) is 0 Å². The molecular formula is C17H17ClFNO. The van der Waals surface area contributed by atoms with Crippen LogP contribution in [-0.2, 0) is 11.3 Å². The molecule has 0 bridgehead atoms. The van der Waals surface area contributed by atoms with Crippen LogP contribution in [0, 0.1) is 5.82 Å². The fourth-order valence-corrected chi connectivity index (χ4v) is 2.81. The molecule has 1 fully saturated rings. The normalized spacial score (nSPS) is 18.1. The highest BCUT2D eigenvalue weighted by molar-refractivity contribution is 6.33. The molecule has 0 spiro atoms. The standard InChI is InChI=1S/C17H17ClFNO/c18-17-6-5-13(19)9-16(17)15-4-2-1-3-12(15)11-21-14-7-8-20-10-14/h1-6,9,14,20H,7-8,10-11H2. The molecule has 1 aliphatic rings. The summed E-state index contributed by atoms with van der Waals surface area (Å²) in [7, 11) is 0. The Bertz CT molecular complexity index is 626. The molecule has 1 unspecified atom stereocenters. The molecule has 4 heteroatoms. The van der Waals surface area contributed by atoms with Crippen molar-refractivity contribution >= 4 is 11.6 Å². The van der Waals surface area contributed by atoms with Gasteiger partial charge in [0.1, 0.15) is 5.82 Å². The van der Waals surface area contributed by atoms with Crippen LogP contribution >= 0.6 is 11.6 Å². The third kappa shape index (κ3) is 3.43. The van der Waals surface area contributed by atoms with Gasteiger partial charge in [-0.25, -0.2) is 4.39 Å². The molecule has 0 radical (unpaired) electrons. The number of hydrogen-bond acceptors (Lipinski definition) is 2. The molecule has 0 amide bonds. The van der Waals surface area contributed by atoms with Gasteiger partial charge in [-0.15, -0.1) is 0 Å². The minimum Gasteiger partial charge on any atom is -0.372 e. The van der Waals surface area contributed by atoms with Crippen molar-refractivity contribution in [3.63, 3.8) is 0 Å². The minimum absolute atomic E-state index is 0.251. The molecule has 1 atom stereocenters. The lowest BCUT2D eigenvalue weighted by Gasteiger charge is -2.14. The molecule has 0 aromatic heterocycles. The van der Waals surface area contributed by atoms with E-state index < -0.39 is 0 Å². The zero-order valence-corrected chi connectivity index (χ0v) is 12.4. The number of nitrogens with one attached hydrogen (secondary N) is 1. The smallest absolute Gasteiger partial charge is 0.123 e.